The maximum atomic E-state index is 12.4. The lowest BCUT2D eigenvalue weighted by Gasteiger charge is -2.37. The smallest absolute Gasteiger partial charge is 0.330 e. The molecule has 1 radical (unpaired) electrons. The molecule has 141 valence electrons. The number of aliphatic hydroxyl groups is 2. The van der Waals surface area contributed by atoms with Crippen LogP contribution in [-0.4, -0.2) is 59.1 Å². The molecule has 1 aromatic rings. The fourth-order valence-electron chi connectivity index (χ4n) is 2.94. The maximum Gasteiger partial charge on any atom is 0.330 e. The van der Waals surface area contributed by atoms with Gasteiger partial charge in [0.2, 0.25) is 0 Å². The van der Waals surface area contributed by atoms with E-state index in [1.165, 1.54) is 10.8 Å². The van der Waals surface area contributed by atoms with Gasteiger partial charge in [0.1, 0.15) is 27.1 Å². The van der Waals surface area contributed by atoms with E-state index in [9.17, 15) is 19.8 Å². The standard InChI is InChI=1S/C16H27N2O6Si/c1-9-7-18(14(22)17-13(9)21)16(25(5)6)12(20)11(19)10(24-16)8-23-15(2,3)4/h7,10-12,19-20H,8H2,1-6H3,(H,17,21,22)/t10-,11-,12-,16+/m1/s1. The molecule has 0 unspecified atom stereocenters. The number of aryl methyl sites for hydroxylation is 1. The van der Waals surface area contributed by atoms with Crippen LogP contribution in [0.1, 0.15) is 26.3 Å². The molecule has 4 atom stereocenters. The van der Waals surface area contributed by atoms with Crippen LogP contribution in [0.3, 0.4) is 0 Å². The zero-order chi connectivity index (χ0) is 19.2. The number of hydrogen-bond donors (Lipinski definition) is 3. The van der Waals surface area contributed by atoms with Crippen molar-refractivity contribution in [2.24, 2.45) is 0 Å². The number of hydrogen-bond acceptors (Lipinski definition) is 6. The number of nitrogens with one attached hydrogen (secondary N) is 1. The van der Waals surface area contributed by atoms with E-state index < -0.39 is 49.3 Å². The molecular weight excluding hydrogens is 344 g/mol. The Morgan fingerprint density at radius 1 is 1.36 bits per heavy atom. The minimum atomic E-state index is -1.49. The number of rotatable bonds is 4. The first-order valence-corrected chi connectivity index (χ1v) is 10.7. The van der Waals surface area contributed by atoms with Crippen LogP contribution >= 0.6 is 0 Å². The third kappa shape index (κ3) is 3.65. The highest BCUT2D eigenvalue weighted by molar-refractivity contribution is 6.58. The van der Waals surface area contributed by atoms with E-state index >= 15 is 0 Å². The second-order valence-corrected chi connectivity index (χ2v) is 10.4. The van der Waals surface area contributed by atoms with Crippen LogP contribution in [0.5, 0.6) is 0 Å². The van der Waals surface area contributed by atoms with Crippen LogP contribution in [0.25, 0.3) is 0 Å². The molecule has 0 saturated carbocycles. The van der Waals surface area contributed by atoms with E-state index in [4.69, 9.17) is 9.47 Å². The number of H-pyrrole nitrogens is 1. The Morgan fingerprint density at radius 2 is 1.96 bits per heavy atom. The van der Waals surface area contributed by atoms with Gasteiger partial charge in [0.15, 0.2) is 5.35 Å². The second-order valence-electron chi connectivity index (χ2n) is 7.65. The summed E-state index contributed by atoms with van der Waals surface area (Å²) in [4.78, 5) is 26.3. The summed E-state index contributed by atoms with van der Waals surface area (Å²) < 4.78 is 12.9. The molecule has 0 aromatic carbocycles. The van der Waals surface area contributed by atoms with E-state index in [0.717, 1.165) is 0 Å². The molecule has 1 aliphatic rings. The number of aromatic amines is 1. The molecule has 3 N–H and O–H groups in total. The van der Waals surface area contributed by atoms with Crippen molar-refractivity contribution >= 4 is 8.80 Å². The molecule has 9 heteroatoms. The van der Waals surface area contributed by atoms with Gasteiger partial charge >= 0.3 is 5.69 Å². The van der Waals surface area contributed by atoms with Gasteiger partial charge in [-0.3, -0.25) is 14.3 Å². The van der Waals surface area contributed by atoms with Gasteiger partial charge in [0, 0.05) is 11.8 Å². The van der Waals surface area contributed by atoms with E-state index in [2.05, 4.69) is 4.98 Å². The maximum absolute atomic E-state index is 12.4. The van der Waals surface area contributed by atoms with Crippen LogP contribution in [-0.2, 0) is 14.8 Å². The molecule has 0 bridgehead atoms. The summed E-state index contributed by atoms with van der Waals surface area (Å²) in [7, 11) is -1.49. The van der Waals surface area contributed by atoms with Crippen molar-refractivity contribution in [2.75, 3.05) is 6.61 Å². The Balaban J connectivity index is 2.49. The van der Waals surface area contributed by atoms with Crippen molar-refractivity contribution in [3.8, 4) is 0 Å². The molecule has 0 amide bonds. The molecular formula is C16H27N2O6Si. The van der Waals surface area contributed by atoms with Crippen LogP contribution in [0.4, 0.5) is 0 Å². The molecule has 25 heavy (non-hydrogen) atoms. The zero-order valence-electron chi connectivity index (χ0n) is 15.5. The average molecular weight is 371 g/mol. The second kappa shape index (κ2) is 6.80. The lowest BCUT2D eigenvalue weighted by atomic mass is 10.1. The van der Waals surface area contributed by atoms with Crippen molar-refractivity contribution < 1.29 is 19.7 Å². The molecule has 2 rings (SSSR count). The van der Waals surface area contributed by atoms with Gasteiger partial charge < -0.3 is 19.7 Å². The molecule has 8 nitrogen and oxygen atoms in total. The van der Waals surface area contributed by atoms with Crippen molar-refractivity contribution in [3.05, 3.63) is 32.6 Å². The quantitative estimate of drug-likeness (QED) is 0.628. The van der Waals surface area contributed by atoms with Gasteiger partial charge in [-0.2, -0.15) is 0 Å². The van der Waals surface area contributed by atoms with E-state index in [1.807, 2.05) is 33.9 Å². The summed E-state index contributed by atoms with van der Waals surface area (Å²) >= 11 is 0. The third-order valence-corrected chi connectivity index (χ3v) is 6.40. The molecule has 2 heterocycles. The lowest BCUT2D eigenvalue weighted by molar-refractivity contribution is -0.121. The van der Waals surface area contributed by atoms with Crippen molar-refractivity contribution in [3.63, 3.8) is 0 Å². The number of aromatic nitrogens is 2. The monoisotopic (exact) mass is 371 g/mol. The van der Waals surface area contributed by atoms with Crippen LogP contribution < -0.4 is 11.2 Å². The van der Waals surface area contributed by atoms with Gasteiger partial charge in [-0.05, 0) is 27.7 Å². The Kier molecular flexibility index (Phi) is 5.46. The molecule has 0 spiro atoms. The highest BCUT2D eigenvalue weighted by atomic mass is 28.3. The Labute approximate surface area is 148 Å². The minimum absolute atomic E-state index is 0.0791. The van der Waals surface area contributed by atoms with E-state index in [1.54, 1.807) is 6.92 Å². The number of aliphatic hydroxyl groups excluding tert-OH is 2. The third-order valence-electron chi connectivity index (χ3n) is 4.31. The van der Waals surface area contributed by atoms with Crippen molar-refractivity contribution in [1.82, 2.24) is 9.55 Å². The topological polar surface area (TPSA) is 114 Å². The first-order chi connectivity index (χ1) is 11.4. The predicted octanol–water partition coefficient (Wildman–Crippen LogP) is -0.273. The average Bonchev–Trinajstić information content (AvgIpc) is 2.74. The SMILES string of the molecule is Cc1cn([C@]2([Si](C)C)O[C@H](COC(C)(C)C)[C@@H](O)[C@H]2O)c(=O)[nH]c1=O. The Bertz CT molecular complexity index is 737. The zero-order valence-corrected chi connectivity index (χ0v) is 16.5. The summed E-state index contributed by atoms with van der Waals surface area (Å²) in [6, 6.07) is 0. The van der Waals surface area contributed by atoms with Crippen LogP contribution in [0, 0.1) is 6.92 Å². The van der Waals surface area contributed by atoms with Gasteiger partial charge in [-0.1, -0.05) is 13.1 Å². The van der Waals surface area contributed by atoms with E-state index in [-0.39, 0.29) is 6.61 Å². The highest BCUT2D eigenvalue weighted by Crippen LogP contribution is 2.37. The minimum Gasteiger partial charge on any atom is -0.387 e. The fraction of sp³-hybridized carbons (Fsp3) is 0.750. The number of ether oxygens (including phenoxy) is 2. The Morgan fingerprint density at radius 3 is 2.48 bits per heavy atom. The molecule has 0 aliphatic carbocycles. The predicted molar refractivity (Wildman–Crippen MR) is 94.1 cm³/mol. The largest absolute Gasteiger partial charge is 0.387 e. The fourth-order valence-corrected chi connectivity index (χ4v) is 4.73. The summed E-state index contributed by atoms with van der Waals surface area (Å²) in [5, 5.41) is 19.8. The molecule has 1 aliphatic heterocycles. The first-order valence-electron chi connectivity index (χ1n) is 8.21. The molecule has 1 saturated heterocycles. The van der Waals surface area contributed by atoms with Gasteiger partial charge in [-0.25, -0.2) is 4.79 Å². The van der Waals surface area contributed by atoms with Gasteiger partial charge in [0.25, 0.3) is 5.56 Å². The van der Waals surface area contributed by atoms with Gasteiger partial charge in [-0.15, -0.1) is 0 Å². The summed E-state index contributed by atoms with van der Waals surface area (Å²) in [5.41, 5.74) is -1.28. The van der Waals surface area contributed by atoms with Crippen LogP contribution in [0.2, 0.25) is 13.1 Å². The lowest BCUT2D eigenvalue weighted by Crippen LogP contribution is -2.58. The Hall–Kier alpha value is -1.26. The number of nitrogens with zero attached hydrogens (tertiary/aromatic N) is 1. The van der Waals surface area contributed by atoms with Crippen molar-refractivity contribution in [2.45, 2.75) is 70.1 Å². The molecule has 1 fully saturated rings. The van der Waals surface area contributed by atoms with Crippen LogP contribution in [0.15, 0.2) is 15.8 Å². The normalized spacial score (nSPS) is 30.2. The first kappa shape index (κ1) is 20.1. The molecule has 1 aromatic heterocycles. The highest BCUT2D eigenvalue weighted by Gasteiger charge is 2.58. The van der Waals surface area contributed by atoms with Gasteiger partial charge in [0.05, 0.1) is 12.2 Å². The van der Waals surface area contributed by atoms with E-state index in [0.29, 0.717) is 5.56 Å². The summed E-state index contributed by atoms with van der Waals surface area (Å²) in [5.74, 6) is 0. The summed E-state index contributed by atoms with van der Waals surface area (Å²) in [6.07, 6.45) is -1.93. The van der Waals surface area contributed by atoms with Crippen molar-refractivity contribution in [1.29, 1.82) is 0 Å². The summed E-state index contributed by atoms with van der Waals surface area (Å²) in [6.45, 7) is 11.0.